The van der Waals surface area contributed by atoms with Gasteiger partial charge in [0.2, 0.25) is 0 Å². The van der Waals surface area contributed by atoms with Crippen LogP contribution in [0.4, 0.5) is 5.82 Å². The van der Waals surface area contributed by atoms with E-state index in [1.807, 2.05) is 18.9 Å². The van der Waals surface area contributed by atoms with Gasteiger partial charge in [0, 0.05) is 31.4 Å². The summed E-state index contributed by atoms with van der Waals surface area (Å²) >= 11 is 5.76. The average Bonchev–Trinajstić information content (AvgIpc) is 2.16. The standard InChI is InChI=1S/C9H14ClN3/c1-7(6-10)13(3)9-8(2)11-4-5-12-9/h4-5,7H,6H2,1-3H3. The van der Waals surface area contributed by atoms with Crippen LogP contribution in [0.2, 0.25) is 0 Å². The molecule has 0 fully saturated rings. The molecule has 1 unspecified atom stereocenters. The summed E-state index contributed by atoms with van der Waals surface area (Å²) in [6.45, 7) is 4.00. The van der Waals surface area contributed by atoms with Crippen LogP contribution in [-0.2, 0) is 0 Å². The van der Waals surface area contributed by atoms with E-state index in [9.17, 15) is 0 Å². The predicted molar refractivity (Wildman–Crippen MR) is 55.4 cm³/mol. The third-order valence-electron chi connectivity index (χ3n) is 2.07. The van der Waals surface area contributed by atoms with E-state index in [0.717, 1.165) is 11.5 Å². The highest BCUT2D eigenvalue weighted by atomic mass is 35.5. The van der Waals surface area contributed by atoms with E-state index >= 15 is 0 Å². The van der Waals surface area contributed by atoms with Crippen LogP contribution in [0.5, 0.6) is 0 Å². The highest BCUT2D eigenvalue weighted by Crippen LogP contribution is 2.14. The van der Waals surface area contributed by atoms with Crippen LogP contribution < -0.4 is 4.90 Å². The van der Waals surface area contributed by atoms with Gasteiger partial charge >= 0.3 is 0 Å². The van der Waals surface area contributed by atoms with Crippen LogP contribution in [0.1, 0.15) is 12.6 Å². The first kappa shape index (κ1) is 10.3. The minimum absolute atomic E-state index is 0.275. The van der Waals surface area contributed by atoms with E-state index in [1.54, 1.807) is 12.4 Å². The fourth-order valence-electron chi connectivity index (χ4n) is 1.06. The average molecular weight is 200 g/mol. The van der Waals surface area contributed by atoms with Crippen molar-refractivity contribution in [1.29, 1.82) is 0 Å². The molecule has 0 N–H and O–H groups in total. The van der Waals surface area contributed by atoms with Crippen molar-refractivity contribution in [2.75, 3.05) is 17.8 Å². The first-order valence-electron chi connectivity index (χ1n) is 4.23. The fraction of sp³-hybridized carbons (Fsp3) is 0.556. The monoisotopic (exact) mass is 199 g/mol. The molecule has 1 atom stereocenters. The van der Waals surface area contributed by atoms with Crippen molar-refractivity contribution >= 4 is 17.4 Å². The Kier molecular flexibility index (Phi) is 3.48. The molecule has 0 aliphatic heterocycles. The largest absolute Gasteiger partial charge is 0.354 e. The number of alkyl halides is 1. The molecule has 1 aromatic heterocycles. The molecule has 1 aromatic rings. The molecule has 0 saturated heterocycles. The number of aromatic nitrogens is 2. The van der Waals surface area contributed by atoms with Crippen molar-refractivity contribution in [3.63, 3.8) is 0 Å². The molecular formula is C9H14ClN3. The Hall–Kier alpha value is -0.830. The molecule has 4 heteroatoms. The topological polar surface area (TPSA) is 29.0 Å². The molecule has 0 spiro atoms. The van der Waals surface area contributed by atoms with Crippen LogP contribution in [-0.4, -0.2) is 28.9 Å². The van der Waals surface area contributed by atoms with Gasteiger partial charge in [0.15, 0.2) is 0 Å². The third-order valence-corrected chi connectivity index (χ3v) is 2.52. The third kappa shape index (κ3) is 2.31. The molecule has 0 aliphatic carbocycles. The van der Waals surface area contributed by atoms with Crippen molar-refractivity contribution in [3.05, 3.63) is 18.1 Å². The van der Waals surface area contributed by atoms with Gasteiger partial charge in [0.25, 0.3) is 0 Å². The Bertz CT molecular complexity index is 277. The molecule has 13 heavy (non-hydrogen) atoms. The molecule has 0 bridgehead atoms. The number of rotatable bonds is 3. The van der Waals surface area contributed by atoms with Gasteiger partial charge in [0.1, 0.15) is 5.82 Å². The predicted octanol–water partition coefficient (Wildman–Crippen LogP) is 1.85. The smallest absolute Gasteiger partial charge is 0.150 e. The van der Waals surface area contributed by atoms with Gasteiger partial charge in [-0.25, -0.2) is 4.98 Å². The second-order valence-corrected chi connectivity index (χ2v) is 3.39. The lowest BCUT2D eigenvalue weighted by Crippen LogP contribution is -2.31. The fourth-order valence-corrected chi connectivity index (χ4v) is 1.27. The Balaban J connectivity index is 2.88. The van der Waals surface area contributed by atoms with E-state index in [4.69, 9.17) is 11.6 Å². The second kappa shape index (κ2) is 4.42. The minimum Gasteiger partial charge on any atom is -0.354 e. The van der Waals surface area contributed by atoms with E-state index in [-0.39, 0.29) is 6.04 Å². The first-order chi connectivity index (χ1) is 6.16. The zero-order valence-electron chi connectivity index (χ0n) is 8.16. The number of nitrogens with zero attached hydrogens (tertiary/aromatic N) is 3. The Morgan fingerprint density at radius 1 is 1.46 bits per heavy atom. The van der Waals surface area contributed by atoms with Crippen LogP contribution in [0.3, 0.4) is 0 Å². The van der Waals surface area contributed by atoms with Gasteiger partial charge in [0.05, 0.1) is 5.69 Å². The molecular weight excluding hydrogens is 186 g/mol. The molecule has 0 aliphatic rings. The summed E-state index contributed by atoms with van der Waals surface area (Å²) in [5.74, 6) is 1.49. The SMILES string of the molecule is Cc1nccnc1N(C)C(C)CCl. The van der Waals surface area contributed by atoms with Gasteiger partial charge in [-0.3, -0.25) is 4.98 Å². The second-order valence-electron chi connectivity index (χ2n) is 3.08. The van der Waals surface area contributed by atoms with E-state index in [2.05, 4.69) is 16.9 Å². The number of aryl methyl sites for hydroxylation is 1. The van der Waals surface area contributed by atoms with Crippen LogP contribution in [0.15, 0.2) is 12.4 Å². The summed E-state index contributed by atoms with van der Waals surface area (Å²) in [5.41, 5.74) is 0.932. The molecule has 0 radical (unpaired) electrons. The van der Waals surface area contributed by atoms with E-state index in [1.165, 1.54) is 0 Å². The Morgan fingerprint density at radius 2 is 2.08 bits per heavy atom. The number of hydrogen-bond donors (Lipinski definition) is 0. The first-order valence-corrected chi connectivity index (χ1v) is 4.76. The van der Waals surface area contributed by atoms with Crippen molar-refractivity contribution in [2.24, 2.45) is 0 Å². The maximum Gasteiger partial charge on any atom is 0.150 e. The molecule has 0 amide bonds. The minimum atomic E-state index is 0.275. The molecule has 72 valence electrons. The summed E-state index contributed by atoms with van der Waals surface area (Å²) in [7, 11) is 1.98. The van der Waals surface area contributed by atoms with Crippen molar-refractivity contribution in [3.8, 4) is 0 Å². The summed E-state index contributed by atoms with van der Waals surface area (Å²) in [6, 6.07) is 0.275. The lowest BCUT2D eigenvalue weighted by Gasteiger charge is -2.24. The van der Waals surface area contributed by atoms with Crippen LogP contribution in [0, 0.1) is 6.92 Å². The van der Waals surface area contributed by atoms with Crippen molar-refractivity contribution in [2.45, 2.75) is 19.9 Å². The van der Waals surface area contributed by atoms with Gasteiger partial charge in [-0.05, 0) is 13.8 Å². The van der Waals surface area contributed by atoms with E-state index in [0.29, 0.717) is 5.88 Å². The molecule has 0 aromatic carbocycles. The summed E-state index contributed by atoms with van der Waals surface area (Å²) in [6.07, 6.45) is 3.39. The van der Waals surface area contributed by atoms with Gasteiger partial charge in [-0.1, -0.05) is 0 Å². The zero-order valence-corrected chi connectivity index (χ0v) is 8.91. The van der Waals surface area contributed by atoms with E-state index < -0.39 is 0 Å². The molecule has 3 nitrogen and oxygen atoms in total. The molecule has 1 rings (SSSR count). The molecule has 0 saturated carbocycles. The van der Waals surface area contributed by atoms with Gasteiger partial charge in [-0.15, -0.1) is 11.6 Å². The van der Waals surface area contributed by atoms with Crippen LogP contribution in [0.25, 0.3) is 0 Å². The lowest BCUT2D eigenvalue weighted by atomic mass is 10.3. The Labute approximate surface area is 83.8 Å². The summed E-state index contributed by atoms with van der Waals surface area (Å²) in [4.78, 5) is 10.5. The van der Waals surface area contributed by atoms with Gasteiger partial charge in [-0.2, -0.15) is 0 Å². The van der Waals surface area contributed by atoms with Gasteiger partial charge < -0.3 is 4.90 Å². The quantitative estimate of drug-likeness (QED) is 0.696. The summed E-state index contributed by atoms with van der Waals surface area (Å²) < 4.78 is 0. The number of hydrogen-bond acceptors (Lipinski definition) is 3. The zero-order chi connectivity index (χ0) is 9.84. The van der Waals surface area contributed by atoms with Crippen molar-refractivity contribution < 1.29 is 0 Å². The van der Waals surface area contributed by atoms with Crippen molar-refractivity contribution in [1.82, 2.24) is 9.97 Å². The highest BCUT2D eigenvalue weighted by Gasteiger charge is 2.11. The summed E-state index contributed by atoms with van der Waals surface area (Å²) in [5, 5.41) is 0. The van der Waals surface area contributed by atoms with Crippen LogP contribution >= 0.6 is 11.6 Å². The number of halogens is 1. The highest BCUT2D eigenvalue weighted by molar-refractivity contribution is 6.18. The Morgan fingerprint density at radius 3 is 2.62 bits per heavy atom. The maximum absolute atomic E-state index is 5.76. The number of anilines is 1. The lowest BCUT2D eigenvalue weighted by molar-refractivity contribution is 0.742. The normalized spacial score (nSPS) is 12.6. The molecule has 1 heterocycles. The maximum atomic E-state index is 5.76.